The maximum atomic E-state index is 13.1. The van der Waals surface area contributed by atoms with Crippen LogP contribution in [-0.4, -0.2) is 37.7 Å². The molecule has 6 nitrogen and oxygen atoms in total. The van der Waals surface area contributed by atoms with Gasteiger partial charge in [-0.25, -0.2) is 8.78 Å². The van der Waals surface area contributed by atoms with Crippen LogP contribution < -0.4 is 0 Å². The molecule has 2 rings (SSSR count). The highest BCUT2D eigenvalue weighted by Gasteiger charge is 2.38. The first kappa shape index (κ1) is 21.9. The summed E-state index contributed by atoms with van der Waals surface area (Å²) in [6.45, 7) is 0. The molecule has 2 atom stereocenters. The molecule has 8 heteroatoms. The van der Waals surface area contributed by atoms with Crippen molar-refractivity contribution in [3.05, 3.63) is 71.3 Å². The lowest BCUT2D eigenvalue weighted by molar-refractivity contribution is -0.146. The Labute approximate surface area is 165 Å². The van der Waals surface area contributed by atoms with Crippen molar-refractivity contribution in [3.63, 3.8) is 0 Å². The maximum Gasteiger partial charge on any atom is 0.316 e. The first-order valence-corrected chi connectivity index (χ1v) is 8.53. The molecule has 0 aromatic heterocycles. The average Bonchev–Trinajstić information content (AvgIpc) is 2.73. The Hall–Kier alpha value is -3.42. The molecular formula is C21H18F2O6. The van der Waals surface area contributed by atoms with Gasteiger partial charge < -0.3 is 9.47 Å². The number of methoxy groups -OCH3 is 2. The van der Waals surface area contributed by atoms with E-state index < -0.39 is 53.4 Å². The van der Waals surface area contributed by atoms with E-state index in [1.165, 1.54) is 24.3 Å². The molecule has 2 aromatic carbocycles. The van der Waals surface area contributed by atoms with Gasteiger partial charge in [0.1, 0.15) is 23.5 Å². The standard InChI is InChI=1S/C21H18F2O6/c1-28-20(26)16(18(24)12-3-7-14(22)8-4-12)11-17(21(27)29-2)19(25)13-5-9-15(23)10-6-13/h3-10,16-17H,11H2,1-2H3. The Morgan fingerprint density at radius 1 is 0.690 bits per heavy atom. The number of rotatable bonds is 8. The normalized spacial score (nSPS) is 12.6. The zero-order chi connectivity index (χ0) is 21.6. The molecule has 0 N–H and O–H groups in total. The third-order valence-electron chi connectivity index (χ3n) is 4.33. The number of hydrogen-bond acceptors (Lipinski definition) is 6. The Morgan fingerprint density at radius 3 is 1.28 bits per heavy atom. The smallest absolute Gasteiger partial charge is 0.316 e. The van der Waals surface area contributed by atoms with E-state index in [4.69, 9.17) is 0 Å². The lowest BCUT2D eigenvalue weighted by Gasteiger charge is -2.19. The van der Waals surface area contributed by atoms with Crippen molar-refractivity contribution < 1.29 is 37.4 Å². The quantitative estimate of drug-likeness (QED) is 0.382. The summed E-state index contributed by atoms with van der Waals surface area (Å²) in [6.07, 6.45) is -0.522. The summed E-state index contributed by atoms with van der Waals surface area (Å²) in [4.78, 5) is 50.0. The van der Waals surface area contributed by atoms with Crippen molar-refractivity contribution in [2.75, 3.05) is 14.2 Å². The van der Waals surface area contributed by atoms with Gasteiger partial charge >= 0.3 is 11.9 Å². The largest absolute Gasteiger partial charge is 0.468 e. The molecule has 29 heavy (non-hydrogen) atoms. The van der Waals surface area contributed by atoms with Crippen LogP contribution in [0.2, 0.25) is 0 Å². The topological polar surface area (TPSA) is 86.7 Å². The Morgan fingerprint density at radius 2 is 1.00 bits per heavy atom. The fourth-order valence-corrected chi connectivity index (χ4v) is 2.77. The molecule has 0 aliphatic carbocycles. The fraction of sp³-hybridized carbons (Fsp3) is 0.238. The van der Waals surface area contributed by atoms with Crippen molar-refractivity contribution in [2.45, 2.75) is 6.42 Å². The molecule has 0 saturated carbocycles. The number of benzene rings is 2. The second-order valence-corrected chi connectivity index (χ2v) is 6.13. The van der Waals surface area contributed by atoms with Gasteiger partial charge in [0.15, 0.2) is 11.6 Å². The van der Waals surface area contributed by atoms with E-state index in [9.17, 15) is 28.0 Å². The minimum Gasteiger partial charge on any atom is -0.468 e. The minimum absolute atomic E-state index is 0.0136. The highest BCUT2D eigenvalue weighted by Crippen LogP contribution is 2.24. The predicted octanol–water partition coefficient (Wildman–Crippen LogP) is 3.00. The third-order valence-corrected chi connectivity index (χ3v) is 4.33. The van der Waals surface area contributed by atoms with Gasteiger partial charge in [-0.15, -0.1) is 0 Å². The minimum atomic E-state index is -1.50. The number of hydrogen-bond donors (Lipinski definition) is 0. The number of halogens is 2. The number of esters is 2. The van der Waals surface area contributed by atoms with Crippen LogP contribution in [0.3, 0.4) is 0 Å². The van der Waals surface area contributed by atoms with Crippen molar-refractivity contribution in [1.82, 2.24) is 0 Å². The van der Waals surface area contributed by atoms with Crippen molar-refractivity contribution in [3.8, 4) is 0 Å². The lowest BCUT2D eigenvalue weighted by Crippen LogP contribution is -2.34. The number of carbonyl (C=O) groups excluding carboxylic acids is 4. The van der Waals surface area contributed by atoms with E-state index in [-0.39, 0.29) is 11.1 Å². The monoisotopic (exact) mass is 404 g/mol. The fourth-order valence-electron chi connectivity index (χ4n) is 2.77. The predicted molar refractivity (Wildman–Crippen MR) is 97.1 cm³/mol. The molecular weight excluding hydrogens is 386 g/mol. The Balaban J connectivity index is 2.37. The Bertz CT molecular complexity index is 830. The highest BCUT2D eigenvalue weighted by atomic mass is 19.1. The SMILES string of the molecule is COC(=O)C(CC(C(=O)OC)C(=O)c1ccc(F)cc1)C(=O)c1ccc(F)cc1. The summed E-state index contributed by atoms with van der Waals surface area (Å²) < 4.78 is 35.5. The van der Waals surface area contributed by atoms with Gasteiger partial charge in [-0.05, 0) is 55.0 Å². The van der Waals surface area contributed by atoms with Crippen LogP contribution in [0.25, 0.3) is 0 Å². The molecule has 0 radical (unpaired) electrons. The second kappa shape index (κ2) is 9.68. The second-order valence-electron chi connectivity index (χ2n) is 6.13. The van der Waals surface area contributed by atoms with Crippen molar-refractivity contribution >= 4 is 23.5 Å². The maximum absolute atomic E-state index is 13.1. The van der Waals surface area contributed by atoms with Gasteiger partial charge in [0.05, 0.1) is 14.2 Å². The molecule has 0 aliphatic rings. The summed E-state index contributed by atoms with van der Waals surface area (Å²) in [6, 6.07) is 8.91. The third kappa shape index (κ3) is 5.31. The van der Waals surface area contributed by atoms with E-state index in [2.05, 4.69) is 9.47 Å². The summed E-state index contributed by atoms with van der Waals surface area (Å²) in [7, 11) is 2.12. The molecule has 0 heterocycles. The summed E-state index contributed by atoms with van der Waals surface area (Å²) >= 11 is 0. The van der Waals surface area contributed by atoms with Gasteiger partial charge in [-0.1, -0.05) is 0 Å². The Kier molecular flexibility index (Phi) is 7.30. The van der Waals surface area contributed by atoms with Crippen LogP contribution >= 0.6 is 0 Å². The van der Waals surface area contributed by atoms with E-state index in [0.29, 0.717) is 0 Å². The lowest BCUT2D eigenvalue weighted by atomic mass is 9.84. The van der Waals surface area contributed by atoms with E-state index in [0.717, 1.165) is 38.5 Å². The molecule has 2 aromatic rings. The molecule has 0 bridgehead atoms. The molecule has 0 amide bonds. The summed E-state index contributed by atoms with van der Waals surface area (Å²) in [5.74, 6) is -7.54. The molecule has 2 unspecified atom stereocenters. The zero-order valence-electron chi connectivity index (χ0n) is 15.7. The highest BCUT2D eigenvalue weighted by molar-refractivity contribution is 6.12. The van der Waals surface area contributed by atoms with E-state index in [1.807, 2.05) is 0 Å². The first-order valence-electron chi connectivity index (χ1n) is 8.53. The first-order chi connectivity index (χ1) is 13.8. The van der Waals surface area contributed by atoms with Crippen LogP contribution in [0, 0.1) is 23.5 Å². The van der Waals surface area contributed by atoms with Crippen LogP contribution in [0.5, 0.6) is 0 Å². The van der Waals surface area contributed by atoms with Crippen LogP contribution in [0.4, 0.5) is 8.78 Å². The summed E-state index contributed by atoms with van der Waals surface area (Å²) in [5.41, 5.74) is 0.0271. The van der Waals surface area contributed by atoms with Crippen molar-refractivity contribution in [1.29, 1.82) is 0 Å². The molecule has 0 spiro atoms. The van der Waals surface area contributed by atoms with Crippen LogP contribution in [0.1, 0.15) is 27.1 Å². The average molecular weight is 404 g/mol. The number of ether oxygens (including phenoxy) is 2. The molecule has 0 aliphatic heterocycles. The van der Waals surface area contributed by atoms with E-state index in [1.54, 1.807) is 0 Å². The van der Waals surface area contributed by atoms with E-state index >= 15 is 0 Å². The molecule has 0 fully saturated rings. The van der Waals surface area contributed by atoms with Crippen LogP contribution in [-0.2, 0) is 19.1 Å². The van der Waals surface area contributed by atoms with Gasteiger partial charge in [-0.3, -0.25) is 19.2 Å². The van der Waals surface area contributed by atoms with Gasteiger partial charge in [0.25, 0.3) is 0 Å². The number of Topliss-reactive ketones (excluding diaryl/α,β-unsaturated/α-hetero) is 2. The zero-order valence-corrected chi connectivity index (χ0v) is 15.7. The van der Waals surface area contributed by atoms with Gasteiger partial charge in [0.2, 0.25) is 0 Å². The number of ketones is 2. The summed E-state index contributed by atoms with van der Waals surface area (Å²) in [5, 5.41) is 0. The van der Waals surface area contributed by atoms with Crippen LogP contribution in [0.15, 0.2) is 48.5 Å². The van der Waals surface area contributed by atoms with Crippen molar-refractivity contribution in [2.24, 2.45) is 11.8 Å². The molecule has 152 valence electrons. The number of carbonyl (C=O) groups is 4. The molecule has 0 saturated heterocycles. The van der Waals surface area contributed by atoms with Gasteiger partial charge in [-0.2, -0.15) is 0 Å². The van der Waals surface area contributed by atoms with Gasteiger partial charge in [0, 0.05) is 11.1 Å².